The molecule has 76 valence electrons. The van der Waals surface area contributed by atoms with Crippen molar-refractivity contribution >= 4 is 5.78 Å². The highest BCUT2D eigenvalue weighted by Crippen LogP contribution is 2.14. The largest absolute Gasteiger partial charge is 0.356 e. The van der Waals surface area contributed by atoms with Crippen LogP contribution in [0.3, 0.4) is 0 Å². The van der Waals surface area contributed by atoms with Crippen LogP contribution in [0.15, 0.2) is 12.1 Å². The molecule has 0 saturated carbocycles. The molecule has 0 fully saturated rings. The summed E-state index contributed by atoms with van der Waals surface area (Å²) in [5.74, 6) is 0.276. The molecule has 1 aromatic heterocycles. The molecule has 2 heteroatoms. The first-order chi connectivity index (χ1) is 6.86. The average molecular weight is 191 g/mol. The molecule has 2 rings (SSSR count). The minimum atomic E-state index is 0.276. The Morgan fingerprint density at radius 1 is 0.929 bits per heavy atom. The zero-order chi connectivity index (χ0) is 9.80. The molecule has 0 spiro atoms. The van der Waals surface area contributed by atoms with Crippen molar-refractivity contribution in [2.75, 3.05) is 0 Å². The highest BCUT2D eigenvalue weighted by Gasteiger charge is 2.09. The molecule has 0 aromatic carbocycles. The van der Waals surface area contributed by atoms with Crippen molar-refractivity contribution in [2.45, 2.75) is 44.9 Å². The molecule has 1 aromatic rings. The van der Waals surface area contributed by atoms with Gasteiger partial charge >= 0.3 is 0 Å². The number of H-pyrrole nitrogens is 1. The Morgan fingerprint density at radius 3 is 2.50 bits per heavy atom. The van der Waals surface area contributed by atoms with E-state index in [0.29, 0.717) is 6.42 Å². The topological polar surface area (TPSA) is 32.9 Å². The number of hydrogen-bond acceptors (Lipinski definition) is 1. The number of aromatic nitrogens is 1. The van der Waals surface area contributed by atoms with Gasteiger partial charge in [-0.2, -0.15) is 0 Å². The summed E-state index contributed by atoms with van der Waals surface area (Å²) in [6.07, 6.45) is 7.87. The van der Waals surface area contributed by atoms with E-state index in [0.717, 1.165) is 18.5 Å². The summed E-state index contributed by atoms with van der Waals surface area (Å²) in [6.45, 7) is 0. The maximum absolute atomic E-state index is 11.6. The second-order valence-corrected chi connectivity index (χ2v) is 4.09. The van der Waals surface area contributed by atoms with Crippen molar-refractivity contribution in [3.8, 4) is 0 Å². The Morgan fingerprint density at radius 2 is 1.64 bits per heavy atom. The minimum absolute atomic E-state index is 0.276. The Balaban J connectivity index is 2.11. The van der Waals surface area contributed by atoms with Gasteiger partial charge in [0.2, 0.25) is 0 Å². The second-order valence-electron chi connectivity index (χ2n) is 4.09. The lowest BCUT2D eigenvalue weighted by Gasteiger charge is -1.99. The van der Waals surface area contributed by atoms with E-state index in [4.69, 9.17) is 0 Å². The van der Waals surface area contributed by atoms with E-state index < -0.39 is 0 Å². The number of fused-ring (bicyclic) bond motifs is 2. The van der Waals surface area contributed by atoms with Gasteiger partial charge in [-0.25, -0.2) is 0 Å². The SMILES string of the molecule is O=C1CCCCCCCc2ccc1[nH]2. The molecule has 2 heterocycles. The smallest absolute Gasteiger partial charge is 0.179 e. The summed E-state index contributed by atoms with van der Waals surface area (Å²) < 4.78 is 0. The molecule has 0 atom stereocenters. The van der Waals surface area contributed by atoms with Crippen LogP contribution in [0.5, 0.6) is 0 Å². The summed E-state index contributed by atoms with van der Waals surface area (Å²) in [7, 11) is 0. The maximum atomic E-state index is 11.6. The molecule has 14 heavy (non-hydrogen) atoms. The van der Waals surface area contributed by atoms with Crippen LogP contribution >= 0.6 is 0 Å². The minimum Gasteiger partial charge on any atom is -0.356 e. The van der Waals surface area contributed by atoms with Gasteiger partial charge in [-0.3, -0.25) is 4.79 Å². The third-order valence-corrected chi connectivity index (χ3v) is 2.90. The number of rotatable bonds is 0. The second kappa shape index (κ2) is 4.45. The molecule has 0 unspecified atom stereocenters. The van der Waals surface area contributed by atoms with Gasteiger partial charge < -0.3 is 4.98 Å². The standard InChI is InChI=1S/C12H17NO/c14-12-7-5-3-1-2-4-6-10-8-9-11(12)13-10/h8-9,13H,1-7H2. The van der Waals surface area contributed by atoms with Crippen LogP contribution in [0.2, 0.25) is 0 Å². The van der Waals surface area contributed by atoms with Crippen LogP contribution in [0.25, 0.3) is 0 Å². The quantitative estimate of drug-likeness (QED) is 0.671. The van der Waals surface area contributed by atoms with Crippen LogP contribution in [0.4, 0.5) is 0 Å². The van der Waals surface area contributed by atoms with Gasteiger partial charge in [-0.05, 0) is 31.4 Å². The number of nitrogens with one attached hydrogen (secondary N) is 1. The van der Waals surface area contributed by atoms with Gasteiger partial charge in [0.25, 0.3) is 0 Å². The fourth-order valence-electron chi connectivity index (χ4n) is 2.01. The zero-order valence-electron chi connectivity index (χ0n) is 8.51. The number of carbonyl (C=O) groups is 1. The van der Waals surface area contributed by atoms with E-state index >= 15 is 0 Å². The Hall–Kier alpha value is -1.05. The van der Waals surface area contributed by atoms with Crippen LogP contribution in [0, 0.1) is 0 Å². The molecular formula is C12H17NO. The van der Waals surface area contributed by atoms with Gasteiger partial charge in [0.1, 0.15) is 0 Å². The molecule has 1 aliphatic heterocycles. The lowest BCUT2D eigenvalue weighted by Crippen LogP contribution is -1.99. The van der Waals surface area contributed by atoms with E-state index in [-0.39, 0.29) is 5.78 Å². The summed E-state index contributed by atoms with van der Waals surface area (Å²) in [6, 6.07) is 3.98. The lowest BCUT2D eigenvalue weighted by atomic mass is 10.1. The number of aryl methyl sites for hydroxylation is 1. The van der Waals surface area contributed by atoms with Crippen molar-refractivity contribution in [1.82, 2.24) is 4.98 Å². The molecule has 1 N–H and O–H groups in total. The summed E-state index contributed by atoms with van der Waals surface area (Å²) in [5, 5.41) is 0. The third kappa shape index (κ3) is 2.25. The molecule has 0 saturated heterocycles. The Bertz CT molecular complexity index is 314. The first kappa shape index (κ1) is 9.50. The number of aromatic amines is 1. The van der Waals surface area contributed by atoms with Gasteiger partial charge in [-0.15, -0.1) is 0 Å². The number of carbonyl (C=O) groups excluding carboxylic acids is 1. The molecule has 0 amide bonds. The number of hydrogen-bond donors (Lipinski definition) is 1. The molecule has 0 radical (unpaired) electrons. The van der Waals surface area contributed by atoms with Crippen LogP contribution in [-0.4, -0.2) is 10.8 Å². The summed E-state index contributed by atoms with van der Waals surface area (Å²) in [4.78, 5) is 14.8. The summed E-state index contributed by atoms with van der Waals surface area (Å²) in [5.41, 5.74) is 2.03. The number of ketones is 1. The maximum Gasteiger partial charge on any atom is 0.179 e. The Kier molecular flexibility index (Phi) is 3.02. The van der Waals surface area contributed by atoms with Crippen molar-refractivity contribution in [2.24, 2.45) is 0 Å². The predicted molar refractivity (Wildman–Crippen MR) is 56.5 cm³/mol. The number of Topliss-reactive ketones (excluding diaryl/α,β-unsaturated/α-hetero) is 1. The predicted octanol–water partition coefficient (Wildman–Crippen LogP) is 3.09. The van der Waals surface area contributed by atoms with Crippen molar-refractivity contribution < 1.29 is 4.79 Å². The normalized spacial score (nSPS) is 19.0. The highest BCUT2D eigenvalue weighted by molar-refractivity contribution is 5.94. The molecule has 0 aliphatic carbocycles. The Labute approximate surface area is 84.7 Å². The van der Waals surface area contributed by atoms with Crippen LogP contribution < -0.4 is 0 Å². The van der Waals surface area contributed by atoms with E-state index in [2.05, 4.69) is 11.1 Å². The first-order valence-corrected chi connectivity index (χ1v) is 5.57. The van der Waals surface area contributed by atoms with Crippen LogP contribution in [0.1, 0.15) is 54.7 Å². The van der Waals surface area contributed by atoms with Gasteiger partial charge in [-0.1, -0.05) is 19.3 Å². The van der Waals surface area contributed by atoms with Gasteiger partial charge in [0.05, 0.1) is 5.69 Å². The lowest BCUT2D eigenvalue weighted by molar-refractivity contribution is 0.0975. The molecular weight excluding hydrogens is 174 g/mol. The van der Waals surface area contributed by atoms with E-state index in [1.807, 2.05) is 6.07 Å². The van der Waals surface area contributed by atoms with Gasteiger partial charge in [0.15, 0.2) is 5.78 Å². The fraction of sp³-hybridized carbons (Fsp3) is 0.583. The highest BCUT2D eigenvalue weighted by atomic mass is 16.1. The van der Waals surface area contributed by atoms with Crippen molar-refractivity contribution in [3.05, 3.63) is 23.5 Å². The van der Waals surface area contributed by atoms with Crippen molar-refractivity contribution in [1.29, 1.82) is 0 Å². The van der Waals surface area contributed by atoms with Gasteiger partial charge in [0, 0.05) is 12.1 Å². The van der Waals surface area contributed by atoms with E-state index in [1.165, 1.54) is 31.4 Å². The summed E-state index contributed by atoms with van der Waals surface area (Å²) >= 11 is 0. The first-order valence-electron chi connectivity index (χ1n) is 5.57. The average Bonchev–Trinajstić information content (AvgIpc) is 2.62. The fourth-order valence-corrected chi connectivity index (χ4v) is 2.01. The molecule has 2 nitrogen and oxygen atoms in total. The monoisotopic (exact) mass is 191 g/mol. The third-order valence-electron chi connectivity index (χ3n) is 2.90. The van der Waals surface area contributed by atoms with E-state index in [1.54, 1.807) is 0 Å². The molecule has 1 aliphatic rings. The zero-order valence-corrected chi connectivity index (χ0v) is 8.51. The van der Waals surface area contributed by atoms with Crippen molar-refractivity contribution in [3.63, 3.8) is 0 Å². The van der Waals surface area contributed by atoms with Crippen LogP contribution in [-0.2, 0) is 6.42 Å². The molecule has 2 bridgehead atoms. The van der Waals surface area contributed by atoms with E-state index in [9.17, 15) is 4.79 Å².